The Morgan fingerprint density at radius 1 is 1.32 bits per heavy atom. The van der Waals surface area contributed by atoms with Crippen LogP contribution in [0.5, 0.6) is 11.6 Å². The van der Waals surface area contributed by atoms with Gasteiger partial charge in [0.15, 0.2) is 0 Å². The van der Waals surface area contributed by atoms with Crippen molar-refractivity contribution in [2.75, 3.05) is 5.73 Å². The standard InChI is InChI=1S/C14H16ClN3O/c1-3-5-12-17-13(16)9(2)14(18-12)19-11-7-4-6-10(15)8-11/h4,6-8H,3,5H2,1-2H3,(H2,16,17,18). The predicted molar refractivity (Wildman–Crippen MR) is 76.7 cm³/mol. The molecule has 5 heteroatoms. The van der Waals surface area contributed by atoms with E-state index < -0.39 is 0 Å². The van der Waals surface area contributed by atoms with Crippen LogP contribution in [0.3, 0.4) is 0 Å². The molecule has 2 aromatic rings. The number of nitrogens with zero attached hydrogens (tertiary/aromatic N) is 2. The summed E-state index contributed by atoms with van der Waals surface area (Å²) in [7, 11) is 0. The third-order valence-corrected chi connectivity index (χ3v) is 2.90. The summed E-state index contributed by atoms with van der Waals surface area (Å²) in [6.45, 7) is 3.90. The average molecular weight is 278 g/mol. The minimum Gasteiger partial charge on any atom is -0.438 e. The fourth-order valence-corrected chi connectivity index (χ4v) is 1.82. The predicted octanol–water partition coefficient (Wildman–Crippen LogP) is 3.77. The minimum absolute atomic E-state index is 0.454. The van der Waals surface area contributed by atoms with Crippen LogP contribution in [0.2, 0.25) is 5.02 Å². The van der Waals surface area contributed by atoms with Gasteiger partial charge in [-0.25, -0.2) is 4.98 Å². The molecule has 0 atom stereocenters. The Morgan fingerprint density at radius 3 is 2.79 bits per heavy atom. The lowest BCUT2D eigenvalue weighted by Crippen LogP contribution is -2.04. The van der Waals surface area contributed by atoms with Crippen molar-refractivity contribution in [1.82, 2.24) is 9.97 Å². The van der Waals surface area contributed by atoms with Crippen molar-refractivity contribution < 1.29 is 4.74 Å². The maximum atomic E-state index is 5.93. The van der Waals surface area contributed by atoms with E-state index in [1.54, 1.807) is 12.1 Å². The molecule has 0 spiro atoms. The van der Waals surface area contributed by atoms with E-state index in [1.165, 1.54) is 0 Å². The van der Waals surface area contributed by atoms with Gasteiger partial charge in [-0.15, -0.1) is 0 Å². The maximum absolute atomic E-state index is 5.93. The van der Waals surface area contributed by atoms with E-state index in [0.29, 0.717) is 28.3 Å². The van der Waals surface area contributed by atoms with Crippen LogP contribution < -0.4 is 10.5 Å². The normalized spacial score (nSPS) is 10.5. The molecule has 2 N–H and O–H groups in total. The zero-order valence-electron chi connectivity index (χ0n) is 11.0. The highest BCUT2D eigenvalue weighted by Gasteiger charge is 2.10. The summed E-state index contributed by atoms with van der Waals surface area (Å²) >= 11 is 5.93. The fraction of sp³-hybridized carbons (Fsp3) is 0.286. The first-order valence-corrected chi connectivity index (χ1v) is 6.54. The molecule has 0 aliphatic carbocycles. The van der Waals surface area contributed by atoms with Gasteiger partial charge in [0.05, 0.1) is 5.56 Å². The van der Waals surface area contributed by atoms with Crippen LogP contribution >= 0.6 is 11.6 Å². The van der Waals surface area contributed by atoms with Gasteiger partial charge in [0.25, 0.3) is 0 Å². The van der Waals surface area contributed by atoms with Gasteiger partial charge in [0.1, 0.15) is 17.4 Å². The topological polar surface area (TPSA) is 61.0 Å². The molecule has 0 aliphatic heterocycles. The van der Waals surface area contributed by atoms with Gasteiger partial charge in [-0.3, -0.25) is 0 Å². The average Bonchev–Trinajstić information content (AvgIpc) is 2.36. The van der Waals surface area contributed by atoms with E-state index in [2.05, 4.69) is 16.9 Å². The van der Waals surface area contributed by atoms with Crippen LogP contribution in [0.1, 0.15) is 24.7 Å². The van der Waals surface area contributed by atoms with Gasteiger partial charge in [-0.05, 0) is 31.5 Å². The fourth-order valence-electron chi connectivity index (χ4n) is 1.64. The second-order valence-electron chi connectivity index (χ2n) is 4.26. The van der Waals surface area contributed by atoms with Crippen LogP contribution in [-0.4, -0.2) is 9.97 Å². The number of halogens is 1. The van der Waals surface area contributed by atoms with E-state index in [4.69, 9.17) is 22.1 Å². The van der Waals surface area contributed by atoms with Gasteiger partial charge in [-0.1, -0.05) is 24.6 Å². The molecule has 0 aliphatic rings. The molecule has 0 bridgehead atoms. The first-order chi connectivity index (χ1) is 9.10. The third-order valence-electron chi connectivity index (χ3n) is 2.67. The Hall–Kier alpha value is -1.81. The number of aromatic nitrogens is 2. The molecule has 0 amide bonds. The Labute approximate surface area is 117 Å². The minimum atomic E-state index is 0.454. The Balaban J connectivity index is 2.33. The molecule has 4 nitrogen and oxygen atoms in total. The molecule has 1 aromatic carbocycles. The van der Waals surface area contributed by atoms with Crippen molar-refractivity contribution in [1.29, 1.82) is 0 Å². The van der Waals surface area contributed by atoms with Crippen molar-refractivity contribution in [3.05, 3.63) is 40.7 Å². The Kier molecular flexibility index (Phi) is 4.22. The summed E-state index contributed by atoms with van der Waals surface area (Å²) in [4.78, 5) is 8.63. The Morgan fingerprint density at radius 2 is 2.11 bits per heavy atom. The zero-order valence-corrected chi connectivity index (χ0v) is 11.7. The highest BCUT2D eigenvalue weighted by Crippen LogP contribution is 2.27. The SMILES string of the molecule is CCCc1nc(N)c(C)c(Oc2cccc(Cl)c2)n1. The number of rotatable bonds is 4. The van der Waals surface area contributed by atoms with Crippen molar-refractivity contribution in [2.24, 2.45) is 0 Å². The van der Waals surface area contributed by atoms with Crippen LogP contribution in [0.15, 0.2) is 24.3 Å². The van der Waals surface area contributed by atoms with Crippen molar-refractivity contribution in [3.63, 3.8) is 0 Å². The number of hydrogen-bond acceptors (Lipinski definition) is 4. The summed E-state index contributed by atoms with van der Waals surface area (Å²) < 4.78 is 5.74. The Bertz CT molecular complexity index is 587. The van der Waals surface area contributed by atoms with Crippen molar-refractivity contribution >= 4 is 17.4 Å². The summed E-state index contributed by atoms with van der Waals surface area (Å²) in [6.07, 6.45) is 1.73. The number of ether oxygens (including phenoxy) is 1. The highest BCUT2D eigenvalue weighted by molar-refractivity contribution is 6.30. The molecule has 0 radical (unpaired) electrons. The molecular weight excluding hydrogens is 262 g/mol. The van der Waals surface area contributed by atoms with Gasteiger partial charge in [0.2, 0.25) is 5.88 Å². The molecular formula is C14H16ClN3O. The van der Waals surface area contributed by atoms with E-state index in [9.17, 15) is 0 Å². The second kappa shape index (κ2) is 5.89. The van der Waals surface area contributed by atoms with E-state index in [0.717, 1.165) is 18.4 Å². The van der Waals surface area contributed by atoms with Crippen LogP contribution in [-0.2, 0) is 6.42 Å². The lowest BCUT2D eigenvalue weighted by atomic mass is 10.3. The van der Waals surface area contributed by atoms with E-state index in [-0.39, 0.29) is 0 Å². The summed E-state index contributed by atoms with van der Waals surface area (Å²) in [5.41, 5.74) is 6.61. The monoisotopic (exact) mass is 277 g/mol. The van der Waals surface area contributed by atoms with Crippen LogP contribution in [0.25, 0.3) is 0 Å². The molecule has 0 unspecified atom stereocenters. The molecule has 0 saturated heterocycles. The maximum Gasteiger partial charge on any atom is 0.227 e. The van der Waals surface area contributed by atoms with Crippen molar-refractivity contribution in [2.45, 2.75) is 26.7 Å². The summed E-state index contributed by atoms with van der Waals surface area (Å²) in [5.74, 6) is 2.27. The van der Waals surface area contributed by atoms with Gasteiger partial charge in [0, 0.05) is 11.4 Å². The van der Waals surface area contributed by atoms with Gasteiger partial charge in [-0.2, -0.15) is 4.98 Å². The van der Waals surface area contributed by atoms with Crippen LogP contribution in [0, 0.1) is 6.92 Å². The second-order valence-corrected chi connectivity index (χ2v) is 4.70. The number of hydrogen-bond donors (Lipinski definition) is 1. The molecule has 2 rings (SSSR count). The molecule has 100 valence electrons. The smallest absolute Gasteiger partial charge is 0.227 e. The molecule has 19 heavy (non-hydrogen) atoms. The van der Waals surface area contributed by atoms with E-state index >= 15 is 0 Å². The van der Waals surface area contributed by atoms with Crippen LogP contribution in [0.4, 0.5) is 5.82 Å². The number of aryl methyl sites for hydroxylation is 1. The molecule has 1 aromatic heterocycles. The molecule has 1 heterocycles. The number of nitrogens with two attached hydrogens (primary N) is 1. The van der Waals surface area contributed by atoms with Gasteiger partial charge >= 0.3 is 0 Å². The van der Waals surface area contributed by atoms with Gasteiger partial charge < -0.3 is 10.5 Å². The zero-order chi connectivity index (χ0) is 13.8. The highest BCUT2D eigenvalue weighted by atomic mass is 35.5. The quantitative estimate of drug-likeness (QED) is 0.924. The third kappa shape index (κ3) is 3.35. The number of benzene rings is 1. The molecule has 0 fully saturated rings. The lowest BCUT2D eigenvalue weighted by Gasteiger charge is -2.11. The summed E-state index contributed by atoms with van der Waals surface area (Å²) in [5, 5.41) is 0.617. The number of nitrogen functional groups attached to an aromatic ring is 1. The summed E-state index contributed by atoms with van der Waals surface area (Å²) in [6, 6.07) is 7.17. The first-order valence-electron chi connectivity index (χ1n) is 6.16. The number of anilines is 1. The molecule has 0 saturated carbocycles. The first kappa shape index (κ1) is 13.6. The van der Waals surface area contributed by atoms with E-state index in [1.807, 2.05) is 19.1 Å². The lowest BCUT2D eigenvalue weighted by molar-refractivity contribution is 0.454. The van der Waals surface area contributed by atoms with Crippen molar-refractivity contribution in [3.8, 4) is 11.6 Å². The largest absolute Gasteiger partial charge is 0.438 e.